The van der Waals surface area contributed by atoms with Crippen LogP contribution in [0.25, 0.3) is 10.9 Å². The van der Waals surface area contributed by atoms with E-state index in [1.165, 1.54) is 6.42 Å². The van der Waals surface area contributed by atoms with Crippen molar-refractivity contribution in [2.24, 2.45) is 0 Å². The van der Waals surface area contributed by atoms with E-state index >= 15 is 0 Å². The average molecular weight is 347 g/mol. The number of benzene rings is 1. The second kappa shape index (κ2) is 6.56. The number of aromatic nitrogens is 1. The summed E-state index contributed by atoms with van der Waals surface area (Å²) in [6.45, 7) is 0.833. The molecule has 0 N–H and O–H groups in total. The fraction of sp³-hybridized carbons (Fsp3) is 0.412. The van der Waals surface area contributed by atoms with E-state index in [0.29, 0.717) is 6.04 Å². The van der Waals surface area contributed by atoms with Crippen LogP contribution in [0.4, 0.5) is 0 Å². The van der Waals surface area contributed by atoms with E-state index in [2.05, 4.69) is 25.8 Å². The molecule has 1 fully saturated rings. The van der Waals surface area contributed by atoms with Crippen LogP contribution in [0.3, 0.4) is 0 Å². The predicted molar refractivity (Wildman–Crippen MR) is 88.8 cm³/mol. The van der Waals surface area contributed by atoms with Crippen molar-refractivity contribution < 1.29 is 4.79 Å². The van der Waals surface area contributed by atoms with Crippen LogP contribution >= 0.6 is 15.9 Å². The molecule has 1 aliphatic carbocycles. The van der Waals surface area contributed by atoms with Crippen LogP contribution in [0.2, 0.25) is 0 Å². The second-order valence-electron chi connectivity index (χ2n) is 5.54. The molecule has 0 spiro atoms. The molecule has 0 aliphatic heterocycles. The zero-order valence-electron chi connectivity index (χ0n) is 12.0. The van der Waals surface area contributed by atoms with E-state index in [9.17, 15) is 4.79 Å². The maximum absolute atomic E-state index is 12.8. The summed E-state index contributed by atoms with van der Waals surface area (Å²) in [7, 11) is 0. The summed E-state index contributed by atoms with van der Waals surface area (Å²) in [5, 5.41) is 1.96. The third-order valence-electron chi connectivity index (χ3n) is 4.16. The highest BCUT2D eigenvalue weighted by Gasteiger charge is 2.28. The van der Waals surface area contributed by atoms with Crippen LogP contribution in [-0.2, 0) is 0 Å². The van der Waals surface area contributed by atoms with Gasteiger partial charge in [0, 0.05) is 35.1 Å². The topological polar surface area (TPSA) is 33.2 Å². The first-order chi connectivity index (χ1) is 10.3. The summed E-state index contributed by atoms with van der Waals surface area (Å²) >= 11 is 3.46. The molecule has 1 aromatic carbocycles. The number of rotatable bonds is 5. The zero-order valence-corrected chi connectivity index (χ0v) is 13.6. The Hall–Kier alpha value is -1.42. The SMILES string of the molecule is O=C(c1ccc2ncccc2c1)N(CCCBr)C1CCC1. The molecule has 0 bridgehead atoms. The normalized spacial score (nSPS) is 14.9. The molecule has 21 heavy (non-hydrogen) atoms. The summed E-state index contributed by atoms with van der Waals surface area (Å²) < 4.78 is 0. The summed E-state index contributed by atoms with van der Waals surface area (Å²) in [4.78, 5) is 19.2. The predicted octanol–water partition coefficient (Wildman–Crippen LogP) is 4.01. The maximum atomic E-state index is 12.8. The van der Waals surface area contributed by atoms with Gasteiger partial charge in [0.2, 0.25) is 0 Å². The molecule has 2 aromatic rings. The van der Waals surface area contributed by atoms with Gasteiger partial charge in [-0.25, -0.2) is 0 Å². The first-order valence-corrected chi connectivity index (χ1v) is 8.63. The van der Waals surface area contributed by atoms with E-state index in [1.807, 2.05) is 30.3 Å². The van der Waals surface area contributed by atoms with Crippen LogP contribution in [-0.4, -0.2) is 33.7 Å². The molecule has 0 radical (unpaired) electrons. The van der Waals surface area contributed by atoms with Gasteiger partial charge in [-0.2, -0.15) is 0 Å². The lowest BCUT2D eigenvalue weighted by molar-refractivity contribution is 0.0581. The van der Waals surface area contributed by atoms with Gasteiger partial charge in [-0.3, -0.25) is 9.78 Å². The summed E-state index contributed by atoms with van der Waals surface area (Å²) in [6, 6.07) is 10.1. The lowest BCUT2D eigenvalue weighted by atomic mass is 9.90. The Morgan fingerprint density at radius 2 is 2.19 bits per heavy atom. The number of hydrogen-bond acceptors (Lipinski definition) is 2. The first kappa shape index (κ1) is 14.5. The maximum Gasteiger partial charge on any atom is 0.254 e. The van der Waals surface area contributed by atoms with Gasteiger partial charge in [-0.1, -0.05) is 22.0 Å². The van der Waals surface area contributed by atoms with Crippen molar-refractivity contribution in [2.45, 2.75) is 31.7 Å². The molecule has 1 aliphatic rings. The molecule has 1 heterocycles. The summed E-state index contributed by atoms with van der Waals surface area (Å²) in [5.74, 6) is 0.159. The van der Waals surface area contributed by atoms with E-state index in [4.69, 9.17) is 0 Å². The Balaban J connectivity index is 1.85. The second-order valence-corrected chi connectivity index (χ2v) is 6.33. The van der Waals surface area contributed by atoms with Crippen molar-refractivity contribution in [3.63, 3.8) is 0 Å². The largest absolute Gasteiger partial charge is 0.336 e. The fourth-order valence-corrected chi connectivity index (χ4v) is 3.00. The van der Waals surface area contributed by atoms with Crippen LogP contribution in [0.15, 0.2) is 36.5 Å². The van der Waals surface area contributed by atoms with Gasteiger partial charge < -0.3 is 4.90 Å². The Morgan fingerprint density at radius 1 is 1.33 bits per heavy atom. The minimum Gasteiger partial charge on any atom is -0.336 e. The number of nitrogens with zero attached hydrogens (tertiary/aromatic N) is 2. The highest BCUT2D eigenvalue weighted by atomic mass is 79.9. The monoisotopic (exact) mass is 346 g/mol. The molecule has 1 saturated carbocycles. The Kier molecular flexibility index (Phi) is 4.54. The first-order valence-electron chi connectivity index (χ1n) is 7.51. The number of alkyl halides is 1. The van der Waals surface area contributed by atoms with E-state index in [-0.39, 0.29) is 5.91 Å². The third kappa shape index (κ3) is 3.10. The molecule has 3 nitrogen and oxygen atoms in total. The van der Waals surface area contributed by atoms with Crippen molar-refractivity contribution in [2.75, 3.05) is 11.9 Å². The Morgan fingerprint density at radius 3 is 2.90 bits per heavy atom. The van der Waals surface area contributed by atoms with Gasteiger partial charge in [-0.15, -0.1) is 0 Å². The van der Waals surface area contributed by atoms with Crippen LogP contribution in [0.5, 0.6) is 0 Å². The van der Waals surface area contributed by atoms with Crippen molar-refractivity contribution >= 4 is 32.7 Å². The minimum atomic E-state index is 0.159. The zero-order chi connectivity index (χ0) is 14.7. The molecule has 0 atom stereocenters. The van der Waals surface area contributed by atoms with Gasteiger partial charge in [0.1, 0.15) is 0 Å². The van der Waals surface area contributed by atoms with Gasteiger partial charge in [-0.05, 0) is 49.9 Å². The van der Waals surface area contributed by atoms with Crippen molar-refractivity contribution in [1.29, 1.82) is 0 Å². The van der Waals surface area contributed by atoms with Gasteiger partial charge in [0.05, 0.1) is 5.52 Å². The average Bonchev–Trinajstić information content (AvgIpc) is 2.48. The van der Waals surface area contributed by atoms with Crippen LogP contribution in [0, 0.1) is 0 Å². The van der Waals surface area contributed by atoms with Gasteiger partial charge >= 0.3 is 0 Å². The minimum absolute atomic E-state index is 0.159. The molecule has 1 aromatic heterocycles. The molecule has 4 heteroatoms. The molecule has 0 saturated heterocycles. The number of halogens is 1. The molecule has 3 rings (SSSR count). The number of hydrogen-bond donors (Lipinski definition) is 0. The molecule has 0 unspecified atom stereocenters. The third-order valence-corrected chi connectivity index (χ3v) is 4.72. The smallest absolute Gasteiger partial charge is 0.254 e. The van der Waals surface area contributed by atoms with Crippen LogP contribution in [0.1, 0.15) is 36.0 Å². The lowest BCUT2D eigenvalue weighted by Gasteiger charge is -2.37. The van der Waals surface area contributed by atoms with Gasteiger partial charge in [0.15, 0.2) is 0 Å². The Labute approximate surface area is 133 Å². The fourth-order valence-electron chi connectivity index (χ4n) is 2.75. The number of carbonyl (C=O) groups is 1. The number of fused-ring (bicyclic) bond motifs is 1. The molecular formula is C17H19BrN2O. The van der Waals surface area contributed by atoms with Gasteiger partial charge in [0.25, 0.3) is 5.91 Å². The van der Waals surface area contributed by atoms with Crippen molar-refractivity contribution in [3.05, 3.63) is 42.1 Å². The molecule has 110 valence electrons. The standard InChI is InChI=1S/C17H19BrN2O/c18-9-3-11-20(15-5-1-6-15)17(21)14-7-8-16-13(12-14)4-2-10-19-16/h2,4,7-8,10,12,15H,1,3,5-6,9,11H2. The molecular weight excluding hydrogens is 328 g/mol. The van der Waals surface area contributed by atoms with E-state index in [1.54, 1.807) is 6.20 Å². The number of pyridine rings is 1. The molecule has 1 amide bonds. The Bertz CT molecular complexity index is 639. The van der Waals surface area contributed by atoms with E-state index in [0.717, 1.165) is 47.6 Å². The number of carbonyl (C=O) groups excluding carboxylic acids is 1. The quantitative estimate of drug-likeness (QED) is 0.766. The van der Waals surface area contributed by atoms with Crippen LogP contribution < -0.4 is 0 Å². The van der Waals surface area contributed by atoms with E-state index < -0.39 is 0 Å². The summed E-state index contributed by atoms with van der Waals surface area (Å²) in [6.07, 6.45) is 6.30. The highest BCUT2D eigenvalue weighted by Crippen LogP contribution is 2.27. The van der Waals surface area contributed by atoms with Crippen molar-refractivity contribution in [1.82, 2.24) is 9.88 Å². The summed E-state index contributed by atoms with van der Waals surface area (Å²) in [5.41, 5.74) is 1.71. The lowest BCUT2D eigenvalue weighted by Crippen LogP contribution is -2.44. The van der Waals surface area contributed by atoms with Crippen molar-refractivity contribution in [3.8, 4) is 0 Å². The number of amides is 1. The highest BCUT2D eigenvalue weighted by molar-refractivity contribution is 9.09.